The number of hydrogen-bond donors (Lipinski definition) is 2. The molecule has 1 atom stereocenters. The van der Waals surface area contributed by atoms with Gasteiger partial charge in [0, 0.05) is 24.2 Å². The largest absolute Gasteiger partial charge is 0.341 e. The lowest BCUT2D eigenvalue weighted by atomic mass is 9.91. The van der Waals surface area contributed by atoms with Gasteiger partial charge in [-0.1, -0.05) is 45.0 Å². The molecule has 1 saturated heterocycles. The number of nitrogens with one attached hydrogen (secondary N) is 2. The fraction of sp³-hybridized carbons (Fsp3) is 0.417. The molecule has 0 radical (unpaired) electrons. The standard InChI is InChI=1S/C24H31N3O4S/c1-17-12-13-19(15-21(17)26-32(30,31)20-10-6-5-7-11-20)25-22(28)18-9-8-14-27(16-18)23(29)24(2,3)4/h5-7,10-13,15,18,26H,8-9,14,16H2,1-4H3,(H,25,28). The quantitative estimate of drug-likeness (QED) is 0.709. The predicted molar refractivity (Wildman–Crippen MR) is 126 cm³/mol. The van der Waals surface area contributed by atoms with Gasteiger partial charge in [0.15, 0.2) is 0 Å². The Morgan fingerprint density at radius 1 is 1.06 bits per heavy atom. The number of likely N-dealkylation sites (tertiary alicyclic amines) is 1. The van der Waals surface area contributed by atoms with E-state index in [0.717, 1.165) is 12.0 Å². The molecule has 32 heavy (non-hydrogen) atoms. The number of piperidine rings is 1. The predicted octanol–water partition coefficient (Wildman–Crippen LogP) is 4.02. The van der Waals surface area contributed by atoms with Crippen molar-refractivity contribution in [1.29, 1.82) is 0 Å². The highest BCUT2D eigenvalue weighted by molar-refractivity contribution is 7.92. The van der Waals surface area contributed by atoms with E-state index in [4.69, 9.17) is 0 Å². The van der Waals surface area contributed by atoms with Gasteiger partial charge in [-0.05, 0) is 49.6 Å². The first-order valence-electron chi connectivity index (χ1n) is 10.8. The van der Waals surface area contributed by atoms with E-state index in [1.165, 1.54) is 12.1 Å². The van der Waals surface area contributed by atoms with Crippen molar-refractivity contribution in [2.75, 3.05) is 23.1 Å². The summed E-state index contributed by atoms with van der Waals surface area (Å²) in [5.74, 6) is -0.430. The van der Waals surface area contributed by atoms with Crippen LogP contribution < -0.4 is 10.0 Å². The molecule has 2 amide bonds. The van der Waals surface area contributed by atoms with E-state index >= 15 is 0 Å². The average molecular weight is 458 g/mol. The van der Waals surface area contributed by atoms with Gasteiger partial charge in [-0.3, -0.25) is 14.3 Å². The van der Waals surface area contributed by atoms with E-state index in [0.29, 0.717) is 30.9 Å². The SMILES string of the molecule is Cc1ccc(NC(=O)C2CCCN(C(=O)C(C)(C)C)C2)cc1NS(=O)(=O)c1ccccc1. The molecule has 0 bridgehead atoms. The molecule has 0 saturated carbocycles. The van der Waals surface area contributed by atoms with Crippen LogP contribution in [0.15, 0.2) is 53.4 Å². The molecule has 7 nitrogen and oxygen atoms in total. The highest BCUT2D eigenvalue weighted by Gasteiger charge is 2.33. The molecule has 2 N–H and O–H groups in total. The van der Waals surface area contributed by atoms with Crippen LogP contribution in [-0.4, -0.2) is 38.2 Å². The van der Waals surface area contributed by atoms with Crippen molar-refractivity contribution in [2.45, 2.75) is 45.4 Å². The number of amides is 2. The number of hydrogen-bond acceptors (Lipinski definition) is 4. The van der Waals surface area contributed by atoms with Crippen LogP contribution in [0, 0.1) is 18.3 Å². The van der Waals surface area contributed by atoms with Gasteiger partial charge in [0.05, 0.1) is 16.5 Å². The third-order valence-electron chi connectivity index (χ3n) is 5.52. The van der Waals surface area contributed by atoms with E-state index in [1.54, 1.807) is 48.2 Å². The molecule has 0 spiro atoms. The highest BCUT2D eigenvalue weighted by Crippen LogP contribution is 2.27. The molecule has 1 aliphatic heterocycles. The molecular weight excluding hydrogens is 426 g/mol. The number of nitrogens with zero attached hydrogens (tertiary/aromatic N) is 1. The van der Waals surface area contributed by atoms with Crippen LogP contribution in [0.4, 0.5) is 11.4 Å². The van der Waals surface area contributed by atoms with Crippen LogP contribution in [0.1, 0.15) is 39.2 Å². The van der Waals surface area contributed by atoms with Crippen LogP contribution >= 0.6 is 0 Å². The third-order valence-corrected chi connectivity index (χ3v) is 6.91. The van der Waals surface area contributed by atoms with E-state index in [9.17, 15) is 18.0 Å². The van der Waals surface area contributed by atoms with Crippen LogP contribution in [0.5, 0.6) is 0 Å². The topological polar surface area (TPSA) is 95.6 Å². The Morgan fingerprint density at radius 3 is 2.41 bits per heavy atom. The van der Waals surface area contributed by atoms with Gasteiger partial charge in [0.1, 0.15) is 0 Å². The van der Waals surface area contributed by atoms with Gasteiger partial charge < -0.3 is 10.2 Å². The first kappa shape index (κ1) is 23.8. The second-order valence-corrected chi connectivity index (χ2v) is 11.0. The van der Waals surface area contributed by atoms with Crippen molar-refractivity contribution < 1.29 is 18.0 Å². The molecule has 2 aromatic carbocycles. The Balaban J connectivity index is 1.72. The summed E-state index contributed by atoms with van der Waals surface area (Å²) in [6, 6.07) is 13.2. The molecule has 0 aromatic heterocycles. The van der Waals surface area contributed by atoms with Crippen molar-refractivity contribution in [3.63, 3.8) is 0 Å². The first-order valence-corrected chi connectivity index (χ1v) is 12.2. The van der Waals surface area contributed by atoms with Gasteiger partial charge in [-0.2, -0.15) is 0 Å². The van der Waals surface area contributed by atoms with Crippen LogP contribution in [-0.2, 0) is 19.6 Å². The minimum atomic E-state index is -3.74. The number of sulfonamides is 1. The van der Waals surface area contributed by atoms with E-state index in [1.807, 2.05) is 20.8 Å². The molecule has 1 fully saturated rings. The van der Waals surface area contributed by atoms with Crippen LogP contribution in [0.3, 0.4) is 0 Å². The van der Waals surface area contributed by atoms with Crippen LogP contribution in [0.25, 0.3) is 0 Å². The Morgan fingerprint density at radius 2 is 1.75 bits per heavy atom. The summed E-state index contributed by atoms with van der Waals surface area (Å²) >= 11 is 0. The summed E-state index contributed by atoms with van der Waals surface area (Å²) in [7, 11) is -3.74. The smallest absolute Gasteiger partial charge is 0.261 e. The zero-order valence-corrected chi connectivity index (χ0v) is 19.8. The maximum Gasteiger partial charge on any atom is 0.261 e. The molecule has 172 valence electrons. The molecule has 1 heterocycles. The van der Waals surface area contributed by atoms with Gasteiger partial charge in [0.2, 0.25) is 11.8 Å². The lowest BCUT2D eigenvalue weighted by Crippen LogP contribution is -2.47. The van der Waals surface area contributed by atoms with Gasteiger partial charge in [-0.15, -0.1) is 0 Å². The molecule has 2 aromatic rings. The maximum atomic E-state index is 12.9. The van der Waals surface area contributed by atoms with E-state index < -0.39 is 15.4 Å². The monoisotopic (exact) mass is 457 g/mol. The fourth-order valence-corrected chi connectivity index (χ4v) is 4.85. The summed E-state index contributed by atoms with van der Waals surface area (Å²) in [4.78, 5) is 27.4. The highest BCUT2D eigenvalue weighted by atomic mass is 32.2. The Bertz CT molecular complexity index is 1090. The zero-order chi connectivity index (χ0) is 23.5. The lowest BCUT2D eigenvalue weighted by molar-refractivity contribution is -0.142. The number of anilines is 2. The van der Waals surface area contributed by atoms with Crippen molar-refractivity contribution in [1.82, 2.24) is 4.90 Å². The number of rotatable bonds is 5. The third kappa shape index (κ3) is 5.68. The Kier molecular flexibility index (Phi) is 6.93. The van der Waals surface area contributed by atoms with Gasteiger partial charge in [-0.25, -0.2) is 8.42 Å². The minimum Gasteiger partial charge on any atom is -0.341 e. The first-order chi connectivity index (χ1) is 15.0. The minimum absolute atomic E-state index is 0.0444. The van der Waals surface area contributed by atoms with Crippen molar-refractivity contribution in [3.8, 4) is 0 Å². The van der Waals surface area contributed by atoms with Crippen molar-refractivity contribution in [3.05, 3.63) is 54.1 Å². The summed E-state index contributed by atoms with van der Waals surface area (Å²) in [6.07, 6.45) is 1.48. The molecule has 8 heteroatoms. The fourth-order valence-electron chi connectivity index (χ4n) is 3.71. The lowest BCUT2D eigenvalue weighted by Gasteiger charge is -2.35. The average Bonchev–Trinajstić information content (AvgIpc) is 2.75. The summed E-state index contributed by atoms with van der Waals surface area (Å²) in [5.41, 5.74) is 1.16. The molecular formula is C24H31N3O4S. The second-order valence-electron chi connectivity index (χ2n) is 9.28. The van der Waals surface area contributed by atoms with Gasteiger partial charge in [0.25, 0.3) is 10.0 Å². The summed E-state index contributed by atoms with van der Waals surface area (Å²) < 4.78 is 28.0. The summed E-state index contributed by atoms with van der Waals surface area (Å²) in [6.45, 7) is 8.48. The van der Waals surface area contributed by atoms with Crippen LogP contribution in [0.2, 0.25) is 0 Å². The molecule has 1 unspecified atom stereocenters. The van der Waals surface area contributed by atoms with E-state index in [2.05, 4.69) is 10.0 Å². The Labute approximate surface area is 190 Å². The van der Waals surface area contributed by atoms with Gasteiger partial charge >= 0.3 is 0 Å². The zero-order valence-electron chi connectivity index (χ0n) is 19.0. The number of aryl methyl sites for hydroxylation is 1. The second kappa shape index (κ2) is 9.32. The number of benzene rings is 2. The molecule has 3 rings (SSSR count). The molecule has 0 aliphatic carbocycles. The normalized spacial score (nSPS) is 17.0. The number of carbonyl (C=O) groups is 2. The van der Waals surface area contributed by atoms with Crippen molar-refractivity contribution in [2.24, 2.45) is 11.3 Å². The molecule has 1 aliphatic rings. The Hall–Kier alpha value is -2.87. The number of carbonyl (C=O) groups excluding carboxylic acids is 2. The van der Waals surface area contributed by atoms with E-state index in [-0.39, 0.29) is 22.6 Å². The summed E-state index contributed by atoms with van der Waals surface area (Å²) in [5, 5.41) is 2.89. The maximum absolute atomic E-state index is 12.9. The van der Waals surface area contributed by atoms with Crippen molar-refractivity contribution >= 4 is 33.2 Å².